The zero-order chi connectivity index (χ0) is 19.6. The Labute approximate surface area is 168 Å². The molecule has 1 saturated heterocycles. The number of ketones is 1. The molecule has 3 rings (SSSR count). The summed E-state index contributed by atoms with van der Waals surface area (Å²) < 4.78 is 5.34. The van der Waals surface area contributed by atoms with Gasteiger partial charge < -0.3 is 14.7 Å². The van der Waals surface area contributed by atoms with Gasteiger partial charge in [0.15, 0.2) is 11.5 Å². The van der Waals surface area contributed by atoms with Crippen LogP contribution in [0.4, 0.5) is 0 Å². The van der Waals surface area contributed by atoms with Gasteiger partial charge in [-0.15, -0.1) is 0 Å². The fourth-order valence-electron chi connectivity index (χ4n) is 3.58. The first-order chi connectivity index (χ1) is 12.9. The Hall–Kier alpha value is -1.60. The lowest BCUT2D eigenvalue weighted by atomic mass is 9.96. The number of carbonyl (C=O) groups is 2. The van der Waals surface area contributed by atoms with E-state index in [-0.39, 0.29) is 11.4 Å². The molecule has 0 bridgehead atoms. The Kier molecular flexibility index (Phi) is 6.42. The molecule has 0 aromatic heterocycles. The molecule has 0 radical (unpaired) electrons. The number of amides is 1. The Bertz CT molecular complexity index is 775. The zero-order valence-corrected chi connectivity index (χ0v) is 16.6. The van der Waals surface area contributed by atoms with Crippen molar-refractivity contribution < 1.29 is 19.4 Å². The van der Waals surface area contributed by atoms with E-state index in [9.17, 15) is 14.7 Å². The van der Waals surface area contributed by atoms with E-state index in [2.05, 4.69) is 4.90 Å². The van der Waals surface area contributed by atoms with Crippen LogP contribution in [0, 0.1) is 0 Å². The summed E-state index contributed by atoms with van der Waals surface area (Å²) in [5.41, 5.74) is 0.658. The van der Waals surface area contributed by atoms with E-state index in [1.54, 1.807) is 18.2 Å². The second-order valence-corrected chi connectivity index (χ2v) is 7.54. The summed E-state index contributed by atoms with van der Waals surface area (Å²) in [6.45, 7) is 5.70. The highest BCUT2D eigenvalue weighted by Crippen LogP contribution is 2.41. The van der Waals surface area contributed by atoms with Crippen LogP contribution < -0.4 is 0 Å². The van der Waals surface area contributed by atoms with Gasteiger partial charge in [0.1, 0.15) is 0 Å². The zero-order valence-electron chi connectivity index (χ0n) is 15.1. The molecule has 1 unspecified atom stereocenters. The van der Waals surface area contributed by atoms with E-state index < -0.39 is 17.7 Å². The number of carbonyl (C=O) groups excluding carboxylic acids is 2. The molecule has 27 heavy (non-hydrogen) atoms. The van der Waals surface area contributed by atoms with Gasteiger partial charge in [0, 0.05) is 36.2 Å². The van der Waals surface area contributed by atoms with Gasteiger partial charge in [-0.3, -0.25) is 14.5 Å². The van der Waals surface area contributed by atoms with E-state index in [1.807, 2.05) is 0 Å². The number of Topliss-reactive ketones (excluding diaryl/α,β-unsaturated/α-hetero) is 1. The van der Waals surface area contributed by atoms with Crippen LogP contribution in [0.15, 0.2) is 29.5 Å². The van der Waals surface area contributed by atoms with Crippen LogP contribution >= 0.6 is 23.2 Å². The Morgan fingerprint density at radius 1 is 1.26 bits per heavy atom. The number of hydrogen-bond acceptors (Lipinski definition) is 5. The third-order valence-corrected chi connectivity index (χ3v) is 5.48. The Balaban J connectivity index is 1.82. The van der Waals surface area contributed by atoms with Crippen LogP contribution in [-0.4, -0.2) is 66.0 Å². The van der Waals surface area contributed by atoms with Gasteiger partial charge >= 0.3 is 0 Å². The molecule has 1 aromatic carbocycles. The van der Waals surface area contributed by atoms with Crippen molar-refractivity contribution in [2.45, 2.75) is 19.4 Å². The smallest absolute Gasteiger partial charge is 0.290 e. The monoisotopic (exact) mass is 412 g/mol. The maximum absolute atomic E-state index is 12.6. The molecule has 2 aliphatic heterocycles. The number of benzene rings is 1. The van der Waals surface area contributed by atoms with E-state index in [1.165, 1.54) is 11.8 Å². The first-order valence-electron chi connectivity index (χ1n) is 8.90. The number of nitrogens with zero attached hydrogens (tertiary/aromatic N) is 2. The number of rotatable bonds is 6. The summed E-state index contributed by atoms with van der Waals surface area (Å²) in [4.78, 5) is 28.6. The van der Waals surface area contributed by atoms with E-state index in [0.717, 1.165) is 19.6 Å². The molecule has 146 valence electrons. The van der Waals surface area contributed by atoms with E-state index in [0.29, 0.717) is 41.8 Å². The van der Waals surface area contributed by atoms with Gasteiger partial charge in [0.25, 0.3) is 5.91 Å². The quantitative estimate of drug-likeness (QED) is 0.777. The van der Waals surface area contributed by atoms with Crippen molar-refractivity contribution in [2.24, 2.45) is 0 Å². The van der Waals surface area contributed by atoms with Crippen molar-refractivity contribution in [3.8, 4) is 0 Å². The lowest BCUT2D eigenvalue weighted by molar-refractivity contribution is -0.129. The summed E-state index contributed by atoms with van der Waals surface area (Å²) >= 11 is 12.3. The Morgan fingerprint density at radius 2 is 1.96 bits per heavy atom. The lowest BCUT2D eigenvalue weighted by Crippen LogP contribution is -2.39. The van der Waals surface area contributed by atoms with E-state index in [4.69, 9.17) is 27.9 Å². The van der Waals surface area contributed by atoms with Crippen molar-refractivity contribution in [3.63, 3.8) is 0 Å². The summed E-state index contributed by atoms with van der Waals surface area (Å²) in [6.07, 6.45) is 0.714. The van der Waals surface area contributed by atoms with Crippen molar-refractivity contribution in [3.05, 3.63) is 45.1 Å². The van der Waals surface area contributed by atoms with Gasteiger partial charge in [-0.05, 0) is 31.0 Å². The average molecular weight is 413 g/mol. The minimum Gasteiger partial charge on any atom is -0.503 e. The second-order valence-electron chi connectivity index (χ2n) is 6.69. The van der Waals surface area contributed by atoms with Gasteiger partial charge in [-0.2, -0.15) is 0 Å². The molecule has 1 aromatic rings. The average Bonchev–Trinajstić information content (AvgIpc) is 2.87. The van der Waals surface area contributed by atoms with Gasteiger partial charge in [0.2, 0.25) is 0 Å². The third kappa shape index (κ3) is 4.29. The number of aliphatic hydroxyl groups excluding tert-OH is 1. The lowest BCUT2D eigenvalue weighted by Gasteiger charge is -2.30. The number of hydrogen-bond donors (Lipinski definition) is 1. The molecular weight excluding hydrogens is 391 g/mol. The first kappa shape index (κ1) is 20.1. The van der Waals surface area contributed by atoms with Crippen molar-refractivity contribution in [2.75, 3.05) is 39.4 Å². The molecular formula is C19H22Cl2N2O4. The fourth-order valence-corrected chi connectivity index (χ4v) is 4.09. The summed E-state index contributed by atoms with van der Waals surface area (Å²) in [5, 5.41) is 11.1. The van der Waals surface area contributed by atoms with Crippen LogP contribution in [0.1, 0.15) is 24.9 Å². The van der Waals surface area contributed by atoms with Crippen LogP contribution in [-0.2, 0) is 14.3 Å². The largest absolute Gasteiger partial charge is 0.503 e. The molecule has 0 spiro atoms. The standard InChI is InChI=1S/C19H22Cl2N2O4/c1-12(24)16-17(14-4-3-13(20)11-15(14)21)23(19(26)18(16)25)6-2-5-22-7-9-27-10-8-22/h3-4,11,17,25H,2,5-10H2,1H3. The molecule has 1 atom stereocenters. The highest BCUT2D eigenvalue weighted by Gasteiger charge is 2.42. The number of aliphatic hydroxyl groups is 1. The molecule has 0 aliphatic carbocycles. The molecule has 8 heteroatoms. The maximum atomic E-state index is 12.6. The van der Waals surface area contributed by atoms with Crippen LogP contribution in [0.2, 0.25) is 10.0 Å². The minimum absolute atomic E-state index is 0.0793. The van der Waals surface area contributed by atoms with E-state index >= 15 is 0 Å². The van der Waals surface area contributed by atoms with Crippen LogP contribution in [0.5, 0.6) is 0 Å². The number of morpholine rings is 1. The molecule has 6 nitrogen and oxygen atoms in total. The molecule has 1 amide bonds. The number of ether oxygens (including phenoxy) is 1. The predicted molar refractivity (Wildman–Crippen MR) is 103 cm³/mol. The SMILES string of the molecule is CC(=O)C1=C(O)C(=O)N(CCCN2CCOCC2)C1c1ccc(Cl)cc1Cl. The fraction of sp³-hybridized carbons (Fsp3) is 0.474. The maximum Gasteiger partial charge on any atom is 0.290 e. The van der Waals surface area contributed by atoms with Crippen molar-refractivity contribution in [1.82, 2.24) is 9.80 Å². The van der Waals surface area contributed by atoms with Gasteiger partial charge in [-0.1, -0.05) is 29.3 Å². The molecule has 2 heterocycles. The van der Waals surface area contributed by atoms with Crippen LogP contribution in [0.25, 0.3) is 0 Å². The number of halogens is 2. The van der Waals surface area contributed by atoms with Crippen LogP contribution in [0.3, 0.4) is 0 Å². The molecule has 1 N–H and O–H groups in total. The van der Waals surface area contributed by atoms with Crippen molar-refractivity contribution >= 4 is 34.9 Å². The minimum atomic E-state index is -0.704. The third-order valence-electron chi connectivity index (χ3n) is 4.92. The molecule has 2 aliphatic rings. The summed E-state index contributed by atoms with van der Waals surface area (Å²) in [6, 6.07) is 4.22. The predicted octanol–water partition coefficient (Wildman–Crippen LogP) is 3.00. The summed E-state index contributed by atoms with van der Waals surface area (Å²) in [5.74, 6) is -1.39. The first-order valence-corrected chi connectivity index (χ1v) is 9.66. The normalized spacial score (nSPS) is 21.2. The topological polar surface area (TPSA) is 70.1 Å². The second kappa shape index (κ2) is 8.61. The van der Waals surface area contributed by atoms with Gasteiger partial charge in [0.05, 0.1) is 24.8 Å². The molecule has 0 saturated carbocycles. The van der Waals surface area contributed by atoms with Crippen molar-refractivity contribution in [1.29, 1.82) is 0 Å². The highest BCUT2D eigenvalue weighted by molar-refractivity contribution is 6.35. The summed E-state index contributed by atoms with van der Waals surface area (Å²) in [7, 11) is 0. The highest BCUT2D eigenvalue weighted by atomic mass is 35.5. The van der Waals surface area contributed by atoms with Gasteiger partial charge in [-0.25, -0.2) is 0 Å². The Morgan fingerprint density at radius 3 is 2.59 bits per heavy atom. The molecule has 1 fully saturated rings.